The number of aromatic hydroxyl groups is 1. The minimum Gasteiger partial charge on any atom is -0.507 e. The van der Waals surface area contributed by atoms with Crippen LogP contribution in [0, 0.1) is 0 Å². The topological polar surface area (TPSA) is 109 Å². The fourth-order valence-corrected chi connectivity index (χ4v) is 3.51. The van der Waals surface area contributed by atoms with Gasteiger partial charge in [-0.3, -0.25) is 4.79 Å². The minimum atomic E-state index is -0.420. The normalized spacial score (nSPS) is 14.1. The number of hydrogen-bond acceptors (Lipinski definition) is 5. The summed E-state index contributed by atoms with van der Waals surface area (Å²) >= 11 is 6.01. The molecule has 4 rings (SSSR count). The summed E-state index contributed by atoms with van der Waals surface area (Å²) in [7, 11) is 0. The van der Waals surface area contributed by atoms with Crippen molar-refractivity contribution in [3.8, 4) is 17.0 Å². The Hall–Kier alpha value is -3.39. The van der Waals surface area contributed by atoms with Crippen molar-refractivity contribution in [3.63, 3.8) is 0 Å². The van der Waals surface area contributed by atoms with Gasteiger partial charge in [-0.25, -0.2) is 9.78 Å². The van der Waals surface area contributed by atoms with E-state index in [9.17, 15) is 14.7 Å². The molecule has 1 saturated carbocycles. The molecule has 0 spiro atoms. The summed E-state index contributed by atoms with van der Waals surface area (Å²) in [4.78, 5) is 29.2. The van der Waals surface area contributed by atoms with E-state index in [4.69, 9.17) is 11.6 Å². The summed E-state index contributed by atoms with van der Waals surface area (Å²) in [6.07, 6.45) is 4.30. The first-order chi connectivity index (χ1) is 15.4. The summed E-state index contributed by atoms with van der Waals surface area (Å²) in [5.74, 6) is -0.148. The highest BCUT2D eigenvalue weighted by Crippen LogP contribution is 2.42. The lowest BCUT2D eigenvalue weighted by molar-refractivity contribution is 0.102. The molecule has 1 aliphatic carbocycles. The first-order valence-corrected chi connectivity index (χ1v) is 10.9. The molecule has 8 nitrogen and oxygen atoms in total. The number of carbonyl (C=O) groups is 2. The third-order valence-electron chi connectivity index (χ3n) is 5.44. The molecule has 2 heterocycles. The molecule has 0 aliphatic heterocycles. The average Bonchev–Trinajstić information content (AvgIpc) is 3.53. The largest absolute Gasteiger partial charge is 0.507 e. The Bertz CT molecular complexity index is 1170. The summed E-state index contributed by atoms with van der Waals surface area (Å²) in [6.45, 7) is 3.93. The van der Waals surface area contributed by atoms with Crippen LogP contribution in [0.2, 0.25) is 5.15 Å². The molecular weight excluding hydrogens is 430 g/mol. The van der Waals surface area contributed by atoms with E-state index in [1.807, 2.05) is 19.9 Å². The van der Waals surface area contributed by atoms with Crippen molar-refractivity contribution in [1.82, 2.24) is 20.1 Å². The van der Waals surface area contributed by atoms with Crippen molar-refractivity contribution in [2.75, 3.05) is 5.32 Å². The fraction of sp³-hybridized carbons (Fsp3) is 0.304. The summed E-state index contributed by atoms with van der Waals surface area (Å²) in [5.41, 5.74) is 2.38. The van der Waals surface area contributed by atoms with Gasteiger partial charge in [0.05, 0.1) is 17.0 Å². The number of anilines is 1. The second-order valence-corrected chi connectivity index (χ2v) is 8.29. The van der Waals surface area contributed by atoms with Gasteiger partial charge in [0.25, 0.3) is 5.91 Å². The van der Waals surface area contributed by atoms with E-state index in [-0.39, 0.29) is 34.5 Å². The van der Waals surface area contributed by atoms with E-state index >= 15 is 0 Å². The van der Waals surface area contributed by atoms with Gasteiger partial charge in [-0.05, 0) is 62.6 Å². The van der Waals surface area contributed by atoms with Gasteiger partial charge in [0.1, 0.15) is 10.9 Å². The molecule has 0 bridgehead atoms. The van der Waals surface area contributed by atoms with Crippen LogP contribution in [0.5, 0.6) is 5.75 Å². The quantitative estimate of drug-likeness (QED) is 0.367. The molecule has 32 heavy (non-hydrogen) atoms. The summed E-state index contributed by atoms with van der Waals surface area (Å²) < 4.78 is 1.39. The summed E-state index contributed by atoms with van der Waals surface area (Å²) in [5, 5.41) is 20.7. The van der Waals surface area contributed by atoms with Crippen LogP contribution in [-0.2, 0) is 0 Å². The van der Waals surface area contributed by atoms with E-state index in [2.05, 4.69) is 20.7 Å². The number of benzene rings is 1. The monoisotopic (exact) mass is 453 g/mol. The smallest absolute Gasteiger partial charge is 0.342 e. The van der Waals surface area contributed by atoms with Crippen LogP contribution in [0.25, 0.3) is 11.3 Å². The maximum absolute atomic E-state index is 12.7. The first kappa shape index (κ1) is 21.8. The maximum Gasteiger partial charge on any atom is 0.342 e. The average molecular weight is 454 g/mol. The molecule has 2 amide bonds. The number of phenols is 1. The van der Waals surface area contributed by atoms with E-state index in [1.165, 1.54) is 16.9 Å². The molecule has 0 saturated heterocycles. The number of nitrogens with one attached hydrogen (secondary N) is 2. The predicted octanol–water partition coefficient (Wildman–Crippen LogP) is 4.79. The van der Waals surface area contributed by atoms with Crippen molar-refractivity contribution in [2.24, 2.45) is 0 Å². The highest BCUT2D eigenvalue weighted by atomic mass is 35.5. The van der Waals surface area contributed by atoms with Crippen molar-refractivity contribution in [3.05, 3.63) is 59.0 Å². The van der Waals surface area contributed by atoms with Crippen LogP contribution < -0.4 is 10.6 Å². The second kappa shape index (κ2) is 9.00. The third-order valence-corrected chi connectivity index (χ3v) is 5.74. The zero-order valence-corrected chi connectivity index (χ0v) is 18.6. The van der Waals surface area contributed by atoms with Crippen LogP contribution in [0.15, 0.2) is 42.6 Å². The van der Waals surface area contributed by atoms with Gasteiger partial charge in [0, 0.05) is 29.4 Å². The van der Waals surface area contributed by atoms with E-state index < -0.39 is 5.91 Å². The van der Waals surface area contributed by atoms with Gasteiger partial charge in [0.15, 0.2) is 0 Å². The number of nitrogens with zero attached hydrogens (tertiary/aromatic N) is 3. The van der Waals surface area contributed by atoms with Gasteiger partial charge in [-0.1, -0.05) is 18.5 Å². The highest BCUT2D eigenvalue weighted by molar-refractivity contribution is 6.33. The first-order valence-electron chi connectivity index (χ1n) is 10.5. The molecule has 2 aromatic heterocycles. The zero-order valence-electron chi connectivity index (χ0n) is 17.8. The van der Waals surface area contributed by atoms with Crippen LogP contribution in [0.1, 0.15) is 55.1 Å². The van der Waals surface area contributed by atoms with Gasteiger partial charge in [-0.15, -0.1) is 0 Å². The Morgan fingerprint density at radius 2 is 2.06 bits per heavy atom. The lowest BCUT2D eigenvalue weighted by atomic mass is 10.1. The molecule has 1 aliphatic rings. The van der Waals surface area contributed by atoms with Crippen molar-refractivity contribution in [1.29, 1.82) is 0 Å². The molecule has 3 aromatic rings. The van der Waals surface area contributed by atoms with Crippen molar-refractivity contribution < 1.29 is 14.7 Å². The lowest BCUT2D eigenvalue weighted by Crippen LogP contribution is -2.36. The van der Waals surface area contributed by atoms with Gasteiger partial charge in [-0.2, -0.15) is 9.78 Å². The molecule has 1 aromatic carbocycles. The maximum atomic E-state index is 12.7. The molecule has 166 valence electrons. The number of rotatable bonds is 6. The van der Waals surface area contributed by atoms with Crippen molar-refractivity contribution >= 4 is 29.2 Å². The Kier molecular flexibility index (Phi) is 6.14. The van der Waals surface area contributed by atoms with Crippen molar-refractivity contribution in [2.45, 2.75) is 45.1 Å². The number of halogens is 1. The van der Waals surface area contributed by atoms with Gasteiger partial charge >= 0.3 is 6.03 Å². The predicted molar refractivity (Wildman–Crippen MR) is 122 cm³/mol. The molecule has 1 unspecified atom stereocenters. The van der Waals surface area contributed by atoms with Crippen LogP contribution in [0.4, 0.5) is 10.5 Å². The Morgan fingerprint density at radius 1 is 1.28 bits per heavy atom. The molecule has 0 radical (unpaired) electrons. The number of hydrogen-bond donors (Lipinski definition) is 3. The highest BCUT2D eigenvalue weighted by Gasteiger charge is 2.31. The standard InChI is InChI=1S/C23H24ClN5O3/c1-3-13(2)26-23(32)29-19(14-6-7-14)12-18(28-29)17-11-15(8-9-20(17)30)27-22(31)16-5-4-10-25-21(16)24/h4-5,8-14,30H,3,6-7H2,1-2H3,(H,26,32)(H,27,31). The SMILES string of the molecule is CCC(C)NC(=O)n1nc(-c2cc(NC(=O)c3cccnc3Cl)ccc2O)cc1C1CC1. The van der Waals surface area contributed by atoms with E-state index in [0.717, 1.165) is 25.0 Å². The lowest BCUT2D eigenvalue weighted by Gasteiger charge is -2.12. The Balaban J connectivity index is 1.64. The summed E-state index contributed by atoms with van der Waals surface area (Å²) in [6, 6.07) is 9.43. The van der Waals surface area contributed by atoms with Crippen LogP contribution in [-0.4, -0.2) is 37.9 Å². The molecule has 1 fully saturated rings. The molecule has 9 heteroatoms. The van der Waals surface area contributed by atoms with Gasteiger partial charge < -0.3 is 15.7 Å². The van der Waals surface area contributed by atoms with Gasteiger partial charge in [0.2, 0.25) is 0 Å². The number of carbonyl (C=O) groups excluding carboxylic acids is 2. The Morgan fingerprint density at radius 3 is 2.75 bits per heavy atom. The third kappa shape index (κ3) is 4.60. The molecule has 1 atom stereocenters. The number of phenolic OH excluding ortho intramolecular Hbond substituents is 1. The number of pyridine rings is 1. The fourth-order valence-electron chi connectivity index (χ4n) is 3.31. The second-order valence-electron chi connectivity index (χ2n) is 7.93. The van der Waals surface area contributed by atoms with E-state index in [0.29, 0.717) is 16.9 Å². The minimum absolute atomic E-state index is 0.00302. The Labute approximate surface area is 190 Å². The number of amides is 2. The zero-order chi connectivity index (χ0) is 22.8. The molecule has 3 N–H and O–H groups in total. The van der Waals surface area contributed by atoms with Crippen LogP contribution in [0.3, 0.4) is 0 Å². The van der Waals surface area contributed by atoms with E-state index in [1.54, 1.807) is 24.3 Å². The number of aromatic nitrogens is 3. The van der Waals surface area contributed by atoms with Crippen LogP contribution >= 0.6 is 11.6 Å². The molecular formula is C23H24ClN5O3.